The van der Waals surface area contributed by atoms with Crippen LogP contribution in [0.5, 0.6) is 0 Å². The lowest BCUT2D eigenvalue weighted by atomic mass is 10.0. The Morgan fingerprint density at radius 1 is 1.37 bits per heavy atom. The fourth-order valence-corrected chi connectivity index (χ4v) is 3.80. The molecule has 0 radical (unpaired) electrons. The van der Waals surface area contributed by atoms with E-state index >= 15 is 0 Å². The van der Waals surface area contributed by atoms with Gasteiger partial charge in [-0.2, -0.15) is 4.31 Å². The molecule has 0 amide bonds. The Kier molecular flexibility index (Phi) is 3.87. The van der Waals surface area contributed by atoms with E-state index in [0.29, 0.717) is 0 Å². The Hall–Kier alpha value is -0.710. The SMILES string of the molecule is NC1(C(=O)O)CCN(S(=O)(=O)c2ccc(I)cc2)C1. The number of carbonyl (C=O) groups is 1. The minimum Gasteiger partial charge on any atom is -0.480 e. The van der Waals surface area contributed by atoms with Gasteiger partial charge in [0, 0.05) is 16.7 Å². The van der Waals surface area contributed by atoms with Gasteiger partial charge in [0.15, 0.2) is 0 Å². The summed E-state index contributed by atoms with van der Waals surface area (Å²) in [5, 5.41) is 9.02. The van der Waals surface area contributed by atoms with Crippen molar-refractivity contribution in [1.29, 1.82) is 0 Å². The number of nitrogens with zero attached hydrogens (tertiary/aromatic N) is 1. The van der Waals surface area contributed by atoms with E-state index in [-0.39, 0.29) is 24.4 Å². The van der Waals surface area contributed by atoms with E-state index in [1.165, 1.54) is 12.1 Å². The lowest BCUT2D eigenvalue weighted by Crippen LogP contribution is -2.50. The summed E-state index contributed by atoms with van der Waals surface area (Å²) in [4.78, 5) is 11.2. The van der Waals surface area contributed by atoms with Gasteiger partial charge in [0.2, 0.25) is 10.0 Å². The molecule has 0 aromatic heterocycles. The first kappa shape index (κ1) is 14.7. The number of aliphatic carboxylic acids is 1. The van der Waals surface area contributed by atoms with Crippen LogP contribution < -0.4 is 5.73 Å². The standard InChI is InChI=1S/C11H13IN2O4S/c12-8-1-3-9(4-2-8)19(17,18)14-6-5-11(13,7-14)10(15)16/h1-4H,5-7,13H2,(H,15,16). The van der Waals surface area contributed by atoms with Crippen LogP contribution >= 0.6 is 22.6 Å². The van der Waals surface area contributed by atoms with Crippen LogP contribution in [0.3, 0.4) is 0 Å². The van der Waals surface area contributed by atoms with Crippen molar-refractivity contribution in [3.8, 4) is 0 Å². The number of rotatable bonds is 3. The van der Waals surface area contributed by atoms with Crippen LogP contribution in [0.25, 0.3) is 0 Å². The van der Waals surface area contributed by atoms with Gasteiger partial charge < -0.3 is 10.8 Å². The summed E-state index contributed by atoms with van der Waals surface area (Å²) in [6.07, 6.45) is 0.117. The van der Waals surface area contributed by atoms with Crippen molar-refractivity contribution < 1.29 is 18.3 Å². The van der Waals surface area contributed by atoms with Gasteiger partial charge in [-0.25, -0.2) is 8.42 Å². The molecular formula is C11H13IN2O4S. The van der Waals surface area contributed by atoms with E-state index < -0.39 is 21.5 Å². The van der Waals surface area contributed by atoms with E-state index in [4.69, 9.17) is 10.8 Å². The summed E-state index contributed by atoms with van der Waals surface area (Å²) in [6, 6.07) is 6.40. The first-order chi connectivity index (χ1) is 8.75. The van der Waals surface area contributed by atoms with Crippen molar-refractivity contribution in [3.05, 3.63) is 27.8 Å². The maximum atomic E-state index is 12.3. The number of carboxylic acids is 1. The van der Waals surface area contributed by atoms with Crippen molar-refractivity contribution in [2.45, 2.75) is 16.9 Å². The molecule has 1 unspecified atom stereocenters. The molecule has 2 rings (SSSR count). The van der Waals surface area contributed by atoms with Crippen molar-refractivity contribution >= 4 is 38.6 Å². The molecule has 0 spiro atoms. The summed E-state index contributed by atoms with van der Waals surface area (Å²) in [5.74, 6) is -1.17. The van der Waals surface area contributed by atoms with Gasteiger partial charge in [-0.1, -0.05) is 0 Å². The summed E-state index contributed by atoms with van der Waals surface area (Å²) in [6.45, 7) is -0.0756. The highest BCUT2D eigenvalue weighted by Gasteiger charge is 2.45. The van der Waals surface area contributed by atoms with Gasteiger partial charge in [0.05, 0.1) is 4.90 Å². The van der Waals surface area contributed by atoms with Crippen molar-refractivity contribution in [2.24, 2.45) is 5.73 Å². The summed E-state index contributed by atoms with van der Waals surface area (Å²) in [5.41, 5.74) is 4.19. The largest absolute Gasteiger partial charge is 0.480 e. The van der Waals surface area contributed by atoms with Crippen LogP contribution in [0, 0.1) is 3.57 Å². The lowest BCUT2D eigenvalue weighted by molar-refractivity contribution is -0.142. The second kappa shape index (κ2) is 5.00. The number of hydrogen-bond donors (Lipinski definition) is 2. The Morgan fingerprint density at radius 2 is 1.95 bits per heavy atom. The van der Waals surface area contributed by atoms with Crippen molar-refractivity contribution in [1.82, 2.24) is 4.31 Å². The van der Waals surface area contributed by atoms with Gasteiger partial charge in [-0.3, -0.25) is 4.79 Å². The number of sulfonamides is 1. The van der Waals surface area contributed by atoms with E-state index in [0.717, 1.165) is 7.88 Å². The number of nitrogens with two attached hydrogens (primary N) is 1. The molecule has 1 saturated heterocycles. The van der Waals surface area contributed by atoms with Crippen LogP contribution in [0.4, 0.5) is 0 Å². The number of carboxylic acid groups (broad SMARTS) is 1. The molecule has 0 bridgehead atoms. The molecule has 3 N–H and O–H groups in total. The first-order valence-corrected chi connectivity index (χ1v) is 8.06. The molecule has 1 fully saturated rings. The minimum atomic E-state index is -3.67. The van der Waals surface area contributed by atoms with Gasteiger partial charge in [-0.15, -0.1) is 0 Å². The van der Waals surface area contributed by atoms with E-state index in [1.54, 1.807) is 12.1 Å². The highest BCUT2D eigenvalue weighted by Crippen LogP contribution is 2.26. The summed E-state index contributed by atoms with van der Waals surface area (Å²) >= 11 is 2.08. The molecule has 6 nitrogen and oxygen atoms in total. The molecule has 1 aliphatic heterocycles. The third kappa shape index (κ3) is 2.76. The molecule has 1 heterocycles. The Labute approximate surface area is 124 Å². The molecule has 1 atom stereocenters. The van der Waals surface area contributed by atoms with Crippen LogP contribution in [-0.4, -0.2) is 42.4 Å². The first-order valence-electron chi connectivity index (χ1n) is 5.54. The Bertz CT molecular complexity index is 602. The monoisotopic (exact) mass is 396 g/mol. The smallest absolute Gasteiger partial charge is 0.325 e. The number of halogens is 1. The highest BCUT2D eigenvalue weighted by atomic mass is 127. The maximum Gasteiger partial charge on any atom is 0.325 e. The normalized spacial score (nSPS) is 24.5. The molecule has 8 heteroatoms. The molecule has 1 aliphatic rings. The topological polar surface area (TPSA) is 101 Å². The zero-order chi connectivity index (χ0) is 14.3. The van der Waals surface area contributed by atoms with Crippen LogP contribution in [0.15, 0.2) is 29.2 Å². The highest BCUT2D eigenvalue weighted by molar-refractivity contribution is 14.1. The summed E-state index contributed by atoms with van der Waals surface area (Å²) in [7, 11) is -3.67. The van der Waals surface area contributed by atoms with Gasteiger partial charge >= 0.3 is 5.97 Å². The average molecular weight is 396 g/mol. The van der Waals surface area contributed by atoms with Crippen LogP contribution in [0.2, 0.25) is 0 Å². The van der Waals surface area contributed by atoms with Crippen molar-refractivity contribution in [3.63, 3.8) is 0 Å². The van der Waals surface area contributed by atoms with E-state index in [2.05, 4.69) is 22.6 Å². The number of hydrogen-bond acceptors (Lipinski definition) is 4. The summed E-state index contributed by atoms with van der Waals surface area (Å²) < 4.78 is 26.7. The third-order valence-corrected chi connectivity index (χ3v) is 5.72. The predicted molar refractivity (Wildman–Crippen MR) is 77.1 cm³/mol. The minimum absolute atomic E-state index is 0.117. The molecule has 19 heavy (non-hydrogen) atoms. The fraction of sp³-hybridized carbons (Fsp3) is 0.364. The van der Waals surface area contributed by atoms with Gasteiger partial charge in [0.1, 0.15) is 5.54 Å². The second-order valence-electron chi connectivity index (χ2n) is 4.50. The van der Waals surface area contributed by atoms with Crippen molar-refractivity contribution in [2.75, 3.05) is 13.1 Å². The van der Waals surface area contributed by atoms with Crippen LogP contribution in [-0.2, 0) is 14.8 Å². The number of benzene rings is 1. The van der Waals surface area contributed by atoms with Crippen LogP contribution in [0.1, 0.15) is 6.42 Å². The van der Waals surface area contributed by atoms with E-state index in [9.17, 15) is 13.2 Å². The molecular weight excluding hydrogens is 383 g/mol. The van der Waals surface area contributed by atoms with E-state index in [1.807, 2.05) is 0 Å². The lowest BCUT2D eigenvalue weighted by Gasteiger charge is -2.20. The Balaban J connectivity index is 2.28. The third-order valence-electron chi connectivity index (χ3n) is 3.14. The van der Waals surface area contributed by atoms with Gasteiger partial charge in [0.25, 0.3) is 0 Å². The fourth-order valence-electron chi connectivity index (χ4n) is 1.93. The zero-order valence-electron chi connectivity index (χ0n) is 9.91. The second-order valence-corrected chi connectivity index (χ2v) is 7.69. The average Bonchev–Trinajstić information content (AvgIpc) is 2.75. The Morgan fingerprint density at radius 3 is 2.42 bits per heavy atom. The molecule has 104 valence electrons. The molecule has 1 aromatic carbocycles. The zero-order valence-corrected chi connectivity index (χ0v) is 12.9. The molecule has 1 aromatic rings. The maximum absolute atomic E-state index is 12.3. The van der Waals surface area contributed by atoms with Gasteiger partial charge in [-0.05, 0) is 53.3 Å². The molecule has 0 saturated carbocycles. The molecule has 0 aliphatic carbocycles. The quantitative estimate of drug-likeness (QED) is 0.724. The predicted octanol–water partition coefficient (Wildman–Crippen LogP) is 0.468.